The van der Waals surface area contributed by atoms with E-state index in [9.17, 15) is 0 Å². The molecular formula is C18H31N. The second-order valence-electron chi connectivity index (χ2n) is 5.99. The fraction of sp³-hybridized carbons (Fsp3) is 0.667. The molecule has 1 heteroatoms. The number of hydrogen-bond acceptors (Lipinski definition) is 1. The molecule has 0 heterocycles. The van der Waals surface area contributed by atoms with Crippen LogP contribution in [0, 0.1) is 33.6 Å². The number of benzene rings is 1. The van der Waals surface area contributed by atoms with Gasteiger partial charge >= 0.3 is 0 Å². The Morgan fingerprint density at radius 3 is 1.95 bits per heavy atom. The van der Waals surface area contributed by atoms with Crippen molar-refractivity contribution in [3.8, 4) is 0 Å². The normalized spacial score (nSPS) is 14.5. The highest BCUT2D eigenvalue weighted by Gasteiger charge is 2.22. The molecule has 1 rings (SSSR count). The predicted octanol–water partition coefficient (Wildman–Crippen LogP) is 5.01. The van der Waals surface area contributed by atoms with Crippen LogP contribution in [-0.4, -0.2) is 6.54 Å². The molecule has 108 valence electrons. The highest BCUT2D eigenvalue weighted by atomic mass is 14.9. The molecule has 2 atom stereocenters. The molecule has 0 fully saturated rings. The molecule has 1 aromatic rings. The first-order valence-corrected chi connectivity index (χ1v) is 7.74. The Kier molecular flexibility index (Phi) is 6.06. The lowest BCUT2D eigenvalue weighted by Gasteiger charge is -2.29. The molecule has 0 bridgehead atoms. The first-order chi connectivity index (χ1) is 8.93. The van der Waals surface area contributed by atoms with E-state index >= 15 is 0 Å². The number of hydrogen-bond donors (Lipinski definition) is 1. The van der Waals surface area contributed by atoms with Crippen LogP contribution in [0.5, 0.6) is 0 Å². The van der Waals surface area contributed by atoms with Gasteiger partial charge in [0.2, 0.25) is 0 Å². The second kappa shape index (κ2) is 7.09. The fourth-order valence-electron chi connectivity index (χ4n) is 2.84. The highest BCUT2D eigenvalue weighted by Crippen LogP contribution is 2.32. The maximum absolute atomic E-state index is 3.77. The standard InChI is InChI=1S/C18H31N/c1-8-10-19-18(12(3)9-2)17-15(6)13(4)11-14(5)16(17)7/h11-12,18-19H,8-10H2,1-7H3. The maximum Gasteiger partial charge on any atom is 0.0351 e. The zero-order chi connectivity index (χ0) is 14.6. The quantitative estimate of drug-likeness (QED) is 0.759. The highest BCUT2D eigenvalue weighted by molar-refractivity contribution is 5.46. The van der Waals surface area contributed by atoms with Gasteiger partial charge in [0.05, 0.1) is 0 Å². The van der Waals surface area contributed by atoms with Gasteiger partial charge < -0.3 is 5.32 Å². The Morgan fingerprint density at radius 2 is 1.53 bits per heavy atom. The molecule has 0 radical (unpaired) electrons. The van der Waals surface area contributed by atoms with Crippen LogP contribution >= 0.6 is 0 Å². The average Bonchev–Trinajstić information content (AvgIpc) is 2.39. The van der Waals surface area contributed by atoms with Crippen LogP contribution in [-0.2, 0) is 0 Å². The van der Waals surface area contributed by atoms with Gasteiger partial charge in [0.15, 0.2) is 0 Å². The topological polar surface area (TPSA) is 12.0 Å². The van der Waals surface area contributed by atoms with Crippen LogP contribution in [0.4, 0.5) is 0 Å². The van der Waals surface area contributed by atoms with Crippen molar-refractivity contribution in [1.29, 1.82) is 0 Å². The SMILES string of the molecule is CCCNC(c1c(C)c(C)cc(C)c1C)C(C)CC. The molecule has 1 N–H and O–H groups in total. The van der Waals surface area contributed by atoms with Crippen molar-refractivity contribution in [2.24, 2.45) is 5.92 Å². The van der Waals surface area contributed by atoms with Crippen LogP contribution in [0.3, 0.4) is 0 Å². The summed E-state index contributed by atoms with van der Waals surface area (Å²) in [4.78, 5) is 0. The predicted molar refractivity (Wildman–Crippen MR) is 85.9 cm³/mol. The van der Waals surface area contributed by atoms with Gasteiger partial charge in [-0.15, -0.1) is 0 Å². The van der Waals surface area contributed by atoms with Crippen LogP contribution in [0.15, 0.2) is 6.07 Å². The van der Waals surface area contributed by atoms with Crippen LogP contribution in [0.25, 0.3) is 0 Å². The summed E-state index contributed by atoms with van der Waals surface area (Å²) in [6.07, 6.45) is 2.41. The first-order valence-electron chi connectivity index (χ1n) is 7.74. The number of aryl methyl sites for hydroxylation is 2. The molecule has 0 saturated heterocycles. The molecule has 0 amide bonds. The van der Waals surface area contributed by atoms with Crippen LogP contribution < -0.4 is 5.32 Å². The maximum atomic E-state index is 3.77. The lowest BCUT2D eigenvalue weighted by molar-refractivity contribution is 0.374. The van der Waals surface area contributed by atoms with E-state index in [0.29, 0.717) is 12.0 Å². The van der Waals surface area contributed by atoms with Crippen molar-refractivity contribution in [2.45, 2.75) is 67.3 Å². The van der Waals surface area contributed by atoms with Gasteiger partial charge in [0, 0.05) is 6.04 Å². The Morgan fingerprint density at radius 1 is 1.00 bits per heavy atom. The van der Waals surface area contributed by atoms with Crippen LogP contribution in [0.2, 0.25) is 0 Å². The van der Waals surface area contributed by atoms with Crippen molar-refractivity contribution < 1.29 is 0 Å². The third-order valence-electron chi connectivity index (χ3n) is 4.56. The molecule has 1 aromatic carbocycles. The molecule has 19 heavy (non-hydrogen) atoms. The zero-order valence-corrected chi connectivity index (χ0v) is 13.9. The van der Waals surface area contributed by atoms with Crippen molar-refractivity contribution in [1.82, 2.24) is 5.32 Å². The lowest BCUT2D eigenvalue weighted by Crippen LogP contribution is -2.29. The molecule has 0 aliphatic rings. The van der Waals surface area contributed by atoms with E-state index in [1.165, 1.54) is 35.1 Å². The molecule has 0 saturated carbocycles. The molecule has 0 aromatic heterocycles. The Bertz CT molecular complexity index is 394. The van der Waals surface area contributed by atoms with Gasteiger partial charge in [-0.1, -0.05) is 33.3 Å². The molecular weight excluding hydrogens is 230 g/mol. The molecule has 0 aliphatic carbocycles. The summed E-state index contributed by atoms with van der Waals surface area (Å²) in [6.45, 7) is 17.0. The second-order valence-corrected chi connectivity index (χ2v) is 5.99. The average molecular weight is 261 g/mol. The van der Waals surface area contributed by atoms with E-state index in [0.717, 1.165) is 6.54 Å². The summed E-state index contributed by atoms with van der Waals surface area (Å²) < 4.78 is 0. The summed E-state index contributed by atoms with van der Waals surface area (Å²) >= 11 is 0. The summed E-state index contributed by atoms with van der Waals surface area (Å²) in [6, 6.07) is 2.81. The van der Waals surface area contributed by atoms with Gasteiger partial charge in [-0.05, 0) is 74.4 Å². The van der Waals surface area contributed by atoms with Crippen molar-refractivity contribution in [3.05, 3.63) is 33.9 Å². The van der Waals surface area contributed by atoms with Gasteiger partial charge in [0.1, 0.15) is 0 Å². The van der Waals surface area contributed by atoms with Crippen LogP contribution in [0.1, 0.15) is 67.5 Å². The third kappa shape index (κ3) is 3.60. The first kappa shape index (κ1) is 16.2. The molecule has 1 nitrogen and oxygen atoms in total. The van der Waals surface area contributed by atoms with Gasteiger partial charge in [-0.25, -0.2) is 0 Å². The Balaban J connectivity index is 3.28. The Labute approximate surface area is 119 Å². The minimum Gasteiger partial charge on any atom is -0.310 e. The fourth-order valence-corrected chi connectivity index (χ4v) is 2.84. The van der Waals surface area contributed by atoms with Gasteiger partial charge in [0.25, 0.3) is 0 Å². The summed E-state index contributed by atoms with van der Waals surface area (Å²) in [7, 11) is 0. The molecule has 0 aliphatic heterocycles. The van der Waals surface area contributed by atoms with Crippen molar-refractivity contribution in [2.75, 3.05) is 6.54 Å². The van der Waals surface area contributed by atoms with Crippen molar-refractivity contribution in [3.63, 3.8) is 0 Å². The molecule has 0 spiro atoms. The van der Waals surface area contributed by atoms with E-state index < -0.39 is 0 Å². The monoisotopic (exact) mass is 261 g/mol. The summed E-state index contributed by atoms with van der Waals surface area (Å²) in [5.41, 5.74) is 7.32. The number of rotatable bonds is 6. The van der Waals surface area contributed by atoms with E-state index in [-0.39, 0.29) is 0 Å². The third-order valence-corrected chi connectivity index (χ3v) is 4.56. The summed E-state index contributed by atoms with van der Waals surface area (Å²) in [5.74, 6) is 0.671. The minimum atomic E-state index is 0.489. The van der Waals surface area contributed by atoms with E-state index in [2.05, 4.69) is 59.8 Å². The zero-order valence-electron chi connectivity index (χ0n) is 13.9. The van der Waals surface area contributed by atoms with E-state index in [1.807, 2.05) is 0 Å². The van der Waals surface area contributed by atoms with Gasteiger partial charge in [-0.2, -0.15) is 0 Å². The minimum absolute atomic E-state index is 0.489. The number of nitrogens with one attached hydrogen (secondary N) is 1. The van der Waals surface area contributed by atoms with Gasteiger partial charge in [-0.3, -0.25) is 0 Å². The van der Waals surface area contributed by atoms with E-state index in [1.54, 1.807) is 5.56 Å². The summed E-state index contributed by atoms with van der Waals surface area (Å²) in [5, 5.41) is 3.77. The smallest absolute Gasteiger partial charge is 0.0351 e. The van der Waals surface area contributed by atoms with Crippen molar-refractivity contribution >= 4 is 0 Å². The van der Waals surface area contributed by atoms with E-state index in [4.69, 9.17) is 0 Å². The molecule has 2 unspecified atom stereocenters. The Hall–Kier alpha value is -0.820. The lowest BCUT2D eigenvalue weighted by atomic mass is 9.83. The largest absolute Gasteiger partial charge is 0.310 e.